The Morgan fingerprint density at radius 3 is 2.70 bits per heavy atom. The summed E-state index contributed by atoms with van der Waals surface area (Å²) in [5.74, 6) is 2.48. The number of nitrogens with one attached hydrogen (secondary N) is 1. The molecule has 0 amide bonds. The molecule has 0 aromatic heterocycles. The summed E-state index contributed by atoms with van der Waals surface area (Å²) in [4.78, 5) is 0. The van der Waals surface area contributed by atoms with E-state index in [-0.39, 0.29) is 0 Å². The fourth-order valence-corrected chi connectivity index (χ4v) is 2.85. The summed E-state index contributed by atoms with van der Waals surface area (Å²) in [6.07, 6.45) is 3.55. The van der Waals surface area contributed by atoms with Crippen LogP contribution in [0.4, 0.5) is 0 Å². The van der Waals surface area contributed by atoms with Crippen LogP contribution in [0.1, 0.15) is 31.7 Å². The van der Waals surface area contributed by atoms with Gasteiger partial charge in [0.2, 0.25) is 0 Å². The molecular weight excluding hydrogens is 250 g/mol. The van der Waals surface area contributed by atoms with E-state index in [1.807, 2.05) is 31.2 Å². The van der Waals surface area contributed by atoms with Gasteiger partial charge in [0, 0.05) is 6.54 Å². The molecule has 1 saturated carbocycles. The Labute approximate surface area is 122 Å². The first-order valence-electron chi connectivity index (χ1n) is 7.71. The van der Waals surface area contributed by atoms with E-state index in [9.17, 15) is 5.11 Å². The number of hydrogen-bond acceptors (Lipinski definition) is 3. The lowest BCUT2D eigenvalue weighted by Crippen LogP contribution is -2.33. The van der Waals surface area contributed by atoms with Gasteiger partial charge in [0.05, 0.1) is 0 Å². The Morgan fingerprint density at radius 2 is 2.05 bits per heavy atom. The average molecular weight is 277 g/mol. The average Bonchev–Trinajstić information content (AvgIpc) is 2.84. The van der Waals surface area contributed by atoms with Crippen molar-refractivity contribution in [2.24, 2.45) is 11.8 Å². The molecule has 0 heterocycles. The highest BCUT2D eigenvalue weighted by Gasteiger charge is 2.20. The number of hydrogen-bond donors (Lipinski definition) is 2. The third-order valence-corrected chi connectivity index (χ3v) is 4.08. The minimum atomic E-state index is -0.449. The highest BCUT2D eigenvalue weighted by Crippen LogP contribution is 2.29. The molecule has 3 unspecified atom stereocenters. The molecule has 0 bridgehead atoms. The Balaban J connectivity index is 1.58. The van der Waals surface area contributed by atoms with E-state index in [4.69, 9.17) is 4.74 Å². The number of aliphatic hydroxyl groups is 1. The van der Waals surface area contributed by atoms with Crippen molar-refractivity contribution in [3.05, 3.63) is 29.8 Å². The summed E-state index contributed by atoms with van der Waals surface area (Å²) >= 11 is 0. The van der Waals surface area contributed by atoms with Crippen molar-refractivity contribution in [2.45, 2.75) is 39.2 Å². The second kappa shape index (κ2) is 7.65. The molecule has 1 fully saturated rings. The molecule has 1 aliphatic carbocycles. The Bertz CT molecular complexity index is 390. The first-order valence-corrected chi connectivity index (χ1v) is 7.71. The van der Waals surface area contributed by atoms with Crippen LogP contribution >= 0.6 is 0 Å². The molecule has 1 aromatic carbocycles. The van der Waals surface area contributed by atoms with Crippen LogP contribution in [-0.4, -0.2) is 30.9 Å². The van der Waals surface area contributed by atoms with Crippen LogP contribution in [-0.2, 0) is 0 Å². The zero-order chi connectivity index (χ0) is 14.4. The molecular formula is C17H27NO2. The molecule has 0 radical (unpaired) electrons. The zero-order valence-electron chi connectivity index (χ0n) is 12.6. The van der Waals surface area contributed by atoms with E-state index < -0.39 is 6.10 Å². The maximum absolute atomic E-state index is 9.90. The largest absolute Gasteiger partial charge is 0.491 e. The lowest BCUT2D eigenvalue weighted by molar-refractivity contribution is 0.105. The fourth-order valence-electron chi connectivity index (χ4n) is 2.85. The first kappa shape index (κ1) is 15.3. The van der Waals surface area contributed by atoms with Crippen LogP contribution < -0.4 is 10.1 Å². The highest BCUT2D eigenvalue weighted by molar-refractivity contribution is 5.26. The Hall–Kier alpha value is -1.06. The van der Waals surface area contributed by atoms with E-state index in [1.54, 1.807) is 0 Å². The van der Waals surface area contributed by atoms with Crippen molar-refractivity contribution in [3.63, 3.8) is 0 Å². The standard InChI is InChI=1S/C17H27NO2/c1-13-4-7-17(8-5-13)20-12-16(19)11-18-10-15-6-3-14(2)9-15/h4-5,7-8,14-16,18-19H,3,6,9-12H2,1-2H3. The summed E-state index contributed by atoms with van der Waals surface area (Å²) in [6.45, 7) is 6.34. The molecule has 3 nitrogen and oxygen atoms in total. The highest BCUT2D eigenvalue weighted by atomic mass is 16.5. The van der Waals surface area contributed by atoms with Crippen LogP contribution in [0.3, 0.4) is 0 Å². The van der Waals surface area contributed by atoms with Crippen molar-refractivity contribution in [1.82, 2.24) is 5.32 Å². The van der Waals surface area contributed by atoms with Crippen molar-refractivity contribution >= 4 is 0 Å². The summed E-state index contributed by atoms with van der Waals surface area (Å²) in [5, 5.41) is 13.3. The molecule has 0 saturated heterocycles. The predicted molar refractivity (Wildman–Crippen MR) is 82.1 cm³/mol. The van der Waals surface area contributed by atoms with Gasteiger partial charge in [-0.2, -0.15) is 0 Å². The van der Waals surface area contributed by atoms with E-state index in [0.717, 1.165) is 24.1 Å². The van der Waals surface area contributed by atoms with Crippen molar-refractivity contribution in [2.75, 3.05) is 19.7 Å². The van der Waals surface area contributed by atoms with Gasteiger partial charge in [0.25, 0.3) is 0 Å². The second-order valence-corrected chi connectivity index (χ2v) is 6.22. The van der Waals surface area contributed by atoms with Gasteiger partial charge in [-0.1, -0.05) is 31.0 Å². The Kier molecular flexibility index (Phi) is 5.86. The van der Waals surface area contributed by atoms with Crippen LogP contribution in [0.2, 0.25) is 0 Å². The molecule has 20 heavy (non-hydrogen) atoms. The van der Waals surface area contributed by atoms with Crippen LogP contribution in [0.25, 0.3) is 0 Å². The van der Waals surface area contributed by atoms with Gasteiger partial charge in [-0.15, -0.1) is 0 Å². The zero-order valence-corrected chi connectivity index (χ0v) is 12.6. The van der Waals surface area contributed by atoms with Crippen LogP contribution in [0, 0.1) is 18.8 Å². The molecule has 1 aliphatic rings. The van der Waals surface area contributed by atoms with E-state index in [1.165, 1.54) is 24.8 Å². The number of aryl methyl sites for hydroxylation is 1. The monoisotopic (exact) mass is 277 g/mol. The van der Waals surface area contributed by atoms with Gasteiger partial charge in [-0.25, -0.2) is 0 Å². The lowest BCUT2D eigenvalue weighted by atomic mass is 10.1. The third kappa shape index (κ3) is 5.14. The third-order valence-electron chi connectivity index (χ3n) is 4.08. The number of aliphatic hydroxyl groups excluding tert-OH is 1. The van der Waals surface area contributed by atoms with E-state index >= 15 is 0 Å². The summed E-state index contributed by atoms with van der Waals surface area (Å²) < 4.78 is 5.57. The van der Waals surface area contributed by atoms with Crippen molar-refractivity contribution < 1.29 is 9.84 Å². The van der Waals surface area contributed by atoms with Gasteiger partial charge in [-0.05, 0) is 50.3 Å². The molecule has 2 rings (SSSR count). The molecule has 2 N–H and O–H groups in total. The normalized spacial score (nSPS) is 23.8. The summed E-state index contributed by atoms with van der Waals surface area (Å²) in [5.41, 5.74) is 1.21. The quantitative estimate of drug-likeness (QED) is 0.805. The summed E-state index contributed by atoms with van der Waals surface area (Å²) in [6, 6.07) is 7.91. The smallest absolute Gasteiger partial charge is 0.119 e. The van der Waals surface area contributed by atoms with Crippen LogP contribution in [0.15, 0.2) is 24.3 Å². The molecule has 112 valence electrons. The molecule has 0 spiro atoms. The van der Waals surface area contributed by atoms with Gasteiger partial charge in [0.1, 0.15) is 18.5 Å². The van der Waals surface area contributed by atoms with Gasteiger partial charge >= 0.3 is 0 Å². The maximum atomic E-state index is 9.90. The number of ether oxygens (including phenoxy) is 1. The van der Waals surface area contributed by atoms with Crippen molar-refractivity contribution in [3.8, 4) is 5.75 Å². The van der Waals surface area contributed by atoms with Gasteiger partial charge in [0.15, 0.2) is 0 Å². The topological polar surface area (TPSA) is 41.5 Å². The predicted octanol–water partition coefficient (Wildman–Crippen LogP) is 2.76. The van der Waals surface area contributed by atoms with E-state index in [2.05, 4.69) is 12.2 Å². The fraction of sp³-hybridized carbons (Fsp3) is 0.647. The molecule has 3 heteroatoms. The maximum Gasteiger partial charge on any atom is 0.119 e. The SMILES string of the molecule is Cc1ccc(OCC(O)CNCC2CCC(C)C2)cc1. The summed E-state index contributed by atoms with van der Waals surface area (Å²) in [7, 11) is 0. The molecule has 0 aliphatic heterocycles. The van der Waals surface area contributed by atoms with Gasteiger partial charge < -0.3 is 15.2 Å². The number of rotatable bonds is 7. The van der Waals surface area contributed by atoms with Crippen molar-refractivity contribution in [1.29, 1.82) is 0 Å². The lowest BCUT2D eigenvalue weighted by Gasteiger charge is -2.15. The van der Waals surface area contributed by atoms with Crippen LogP contribution in [0.5, 0.6) is 5.75 Å². The number of benzene rings is 1. The van der Waals surface area contributed by atoms with Gasteiger partial charge in [-0.3, -0.25) is 0 Å². The molecule has 3 atom stereocenters. The Morgan fingerprint density at radius 1 is 1.30 bits per heavy atom. The minimum absolute atomic E-state index is 0.344. The second-order valence-electron chi connectivity index (χ2n) is 6.22. The molecule has 1 aromatic rings. The first-order chi connectivity index (χ1) is 9.63. The van der Waals surface area contributed by atoms with E-state index in [0.29, 0.717) is 13.2 Å². The minimum Gasteiger partial charge on any atom is -0.491 e.